The van der Waals surface area contributed by atoms with Gasteiger partial charge in [0.2, 0.25) is 5.76 Å². The van der Waals surface area contributed by atoms with E-state index in [1.807, 2.05) is 12.1 Å². The van der Waals surface area contributed by atoms with Gasteiger partial charge in [0.15, 0.2) is 5.78 Å². The number of ether oxygens (including phenoxy) is 1. The Labute approximate surface area is 181 Å². The minimum absolute atomic E-state index is 0.0516. The maximum absolute atomic E-state index is 13.3. The second kappa shape index (κ2) is 8.47. The summed E-state index contributed by atoms with van der Waals surface area (Å²) in [4.78, 5) is 39.8. The Kier molecular flexibility index (Phi) is 5.59. The fraction of sp³-hybridized carbons (Fsp3) is 0.0417. The molecule has 0 bridgehead atoms. The molecule has 1 heterocycles. The van der Waals surface area contributed by atoms with E-state index in [0.717, 1.165) is 14.9 Å². The number of amides is 2. The highest BCUT2D eigenvalue weighted by Gasteiger charge is 2.40. The first-order valence-electron chi connectivity index (χ1n) is 9.22. The molecule has 0 spiro atoms. The fourth-order valence-corrected chi connectivity index (χ4v) is 3.43. The average Bonchev–Trinajstić information content (AvgIpc) is 3.05. The van der Waals surface area contributed by atoms with E-state index in [0.29, 0.717) is 11.1 Å². The zero-order chi connectivity index (χ0) is 21.1. The lowest BCUT2D eigenvalue weighted by Gasteiger charge is -2.11. The van der Waals surface area contributed by atoms with Crippen molar-refractivity contribution in [3.8, 4) is 0 Å². The molecule has 30 heavy (non-hydrogen) atoms. The number of carbonyl (C=O) groups is 3. The van der Waals surface area contributed by atoms with Crippen LogP contribution < -0.4 is 0 Å². The van der Waals surface area contributed by atoms with Gasteiger partial charge in [-0.05, 0) is 23.3 Å². The number of hydrogen-bond acceptors (Lipinski definition) is 4. The monoisotopic (exact) mass is 461 g/mol. The molecule has 3 aromatic rings. The molecule has 6 heteroatoms. The van der Waals surface area contributed by atoms with E-state index in [9.17, 15) is 14.4 Å². The third kappa shape index (κ3) is 3.95. The maximum atomic E-state index is 13.3. The van der Waals surface area contributed by atoms with Gasteiger partial charge in [0.05, 0.1) is 12.1 Å². The number of nitrogens with zero attached hydrogens (tertiary/aromatic N) is 1. The van der Waals surface area contributed by atoms with E-state index < -0.39 is 12.0 Å². The standard InChI is InChI=1S/C24H16BrNO4/c25-19-13-11-16(12-14-19)15-26-23(28)22(30-24(26)29)20(17-7-3-1-4-8-17)21(27)18-9-5-2-6-10-18/h1-14H,15H2/b22-20+. The summed E-state index contributed by atoms with van der Waals surface area (Å²) in [5, 5.41) is 0. The van der Waals surface area contributed by atoms with Crippen molar-refractivity contribution in [2.45, 2.75) is 6.54 Å². The zero-order valence-electron chi connectivity index (χ0n) is 15.7. The molecular weight excluding hydrogens is 446 g/mol. The summed E-state index contributed by atoms with van der Waals surface area (Å²) < 4.78 is 6.22. The van der Waals surface area contributed by atoms with Gasteiger partial charge in [-0.15, -0.1) is 0 Å². The van der Waals surface area contributed by atoms with Gasteiger partial charge in [-0.3, -0.25) is 9.59 Å². The number of cyclic esters (lactones) is 1. The Morgan fingerprint density at radius 3 is 1.97 bits per heavy atom. The topological polar surface area (TPSA) is 63.7 Å². The molecule has 0 radical (unpaired) electrons. The van der Waals surface area contributed by atoms with Gasteiger partial charge < -0.3 is 4.74 Å². The van der Waals surface area contributed by atoms with Crippen LogP contribution in [0, 0.1) is 0 Å². The molecule has 1 aliphatic heterocycles. The van der Waals surface area contributed by atoms with Crippen LogP contribution in [-0.4, -0.2) is 22.7 Å². The minimum atomic E-state index is -0.799. The highest BCUT2D eigenvalue weighted by Crippen LogP contribution is 2.30. The molecule has 4 rings (SSSR count). The molecule has 0 saturated carbocycles. The van der Waals surface area contributed by atoms with Crippen molar-refractivity contribution in [3.05, 3.63) is 112 Å². The molecule has 0 atom stereocenters. The Bertz CT molecular complexity index is 1140. The Balaban J connectivity index is 1.76. The molecule has 0 N–H and O–H groups in total. The van der Waals surface area contributed by atoms with Crippen molar-refractivity contribution in [1.82, 2.24) is 4.90 Å². The Morgan fingerprint density at radius 1 is 0.800 bits per heavy atom. The second-order valence-electron chi connectivity index (χ2n) is 6.65. The minimum Gasteiger partial charge on any atom is -0.403 e. The van der Waals surface area contributed by atoms with E-state index >= 15 is 0 Å². The molecule has 1 fully saturated rings. The Morgan fingerprint density at radius 2 is 1.37 bits per heavy atom. The van der Waals surface area contributed by atoms with Gasteiger partial charge in [0, 0.05) is 10.0 Å². The van der Waals surface area contributed by atoms with Crippen molar-refractivity contribution < 1.29 is 19.1 Å². The van der Waals surface area contributed by atoms with Crippen molar-refractivity contribution in [1.29, 1.82) is 0 Å². The third-order valence-electron chi connectivity index (χ3n) is 4.66. The lowest BCUT2D eigenvalue weighted by molar-refractivity contribution is -0.123. The molecule has 5 nitrogen and oxygen atoms in total. The van der Waals surface area contributed by atoms with Gasteiger partial charge in [-0.2, -0.15) is 0 Å². The number of imide groups is 1. The Hall–Kier alpha value is -3.51. The number of allylic oxidation sites excluding steroid dienone is 1. The van der Waals surface area contributed by atoms with Gasteiger partial charge in [-0.25, -0.2) is 9.69 Å². The van der Waals surface area contributed by atoms with Crippen LogP contribution >= 0.6 is 15.9 Å². The molecule has 0 aromatic heterocycles. The quantitative estimate of drug-likeness (QED) is 0.385. The van der Waals surface area contributed by atoms with Gasteiger partial charge in [-0.1, -0.05) is 88.7 Å². The molecule has 148 valence electrons. The average molecular weight is 462 g/mol. The smallest absolute Gasteiger partial charge is 0.403 e. The lowest BCUT2D eigenvalue weighted by Crippen LogP contribution is -2.28. The maximum Gasteiger partial charge on any atom is 0.422 e. The number of carbonyl (C=O) groups excluding carboxylic acids is 3. The molecular formula is C24H16BrNO4. The summed E-state index contributed by atoms with van der Waals surface area (Å²) >= 11 is 3.36. The van der Waals surface area contributed by atoms with Crippen LogP contribution in [0.1, 0.15) is 21.5 Å². The van der Waals surface area contributed by atoms with E-state index in [1.165, 1.54) is 0 Å². The molecule has 1 saturated heterocycles. The lowest BCUT2D eigenvalue weighted by atomic mass is 9.95. The molecule has 0 aliphatic carbocycles. The van der Waals surface area contributed by atoms with Crippen molar-refractivity contribution in [2.24, 2.45) is 0 Å². The van der Waals surface area contributed by atoms with Crippen molar-refractivity contribution in [3.63, 3.8) is 0 Å². The molecule has 3 aromatic carbocycles. The number of hydrogen-bond donors (Lipinski definition) is 0. The first-order chi connectivity index (χ1) is 14.5. The predicted octanol–water partition coefficient (Wildman–Crippen LogP) is 5.22. The number of halogens is 1. The summed E-state index contributed by atoms with van der Waals surface area (Å²) in [6.07, 6.45) is -0.799. The van der Waals surface area contributed by atoms with Crippen LogP contribution in [0.25, 0.3) is 5.57 Å². The van der Waals surface area contributed by atoms with Crippen LogP contribution in [0.2, 0.25) is 0 Å². The largest absolute Gasteiger partial charge is 0.422 e. The van der Waals surface area contributed by atoms with Crippen LogP contribution in [0.15, 0.2) is 95.2 Å². The third-order valence-corrected chi connectivity index (χ3v) is 5.18. The van der Waals surface area contributed by atoms with E-state index in [1.54, 1.807) is 72.8 Å². The summed E-state index contributed by atoms with van der Waals surface area (Å²) in [7, 11) is 0. The SMILES string of the molecule is O=C(/C(=C1/OC(=O)N(Cc2ccc(Br)cc2)C1=O)c1ccccc1)c1ccccc1. The first kappa shape index (κ1) is 19.8. The van der Waals surface area contributed by atoms with E-state index in [4.69, 9.17) is 4.74 Å². The normalized spacial score (nSPS) is 15.2. The highest BCUT2D eigenvalue weighted by molar-refractivity contribution is 9.10. The zero-order valence-corrected chi connectivity index (χ0v) is 17.3. The predicted molar refractivity (Wildman–Crippen MR) is 115 cm³/mol. The number of rotatable bonds is 5. The van der Waals surface area contributed by atoms with Crippen molar-refractivity contribution in [2.75, 3.05) is 0 Å². The summed E-state index contributed by atoms with van der Waals surface area (Å²) in [5.74, 6) is -1.27. The first-order valence-corrected chi connectivity index (χ1v) is 10.0. The summed E-state index contributed by atoms with van der Waals surface area (Å²) in [5.41, 5.74) is 1.74. The van der Waals surface area contributed by atoms with Crippen molar-refractivity contribution >= 4 is 39.3 Å². The van der Waals surface area contributed by atoms with Crippen LogP contribution in [0.4, 0.5) is 4.79 Å². The summed E-state index contributed by atoms with van der Waals surface area (Å²) in [6, 6.07) is 24.6. The van der Waals surface area contributed by atoms with Gasteiger partial charge in [0.25, 0.3) is 5.91 Å². The summed E-state index contributed by atoms with van der Waals surface area (Å²) in [6.45, 7) is 0.0516. The number of ketones is 1. The second-order valence-corrected chi connectivity index (χ2v) is 7.57. The highest BCUT2D eigenvalue weighted by atomic mass is 79.9. The van der Waals surface area contributed by atoms with E-state index in [-0.39, 0.29) is 23.7 Å². The van der Waals surface area contributed by atoms with Crippen LogP contribution in [-0.2, 0) is 16.1 Å². The van der Waals surface area contributed by atoms with Gasteiger partial charge >= 0.3 is 6.09 Å². The van der Waals surface area contributed by atoms with Crippen LogP contribution in [0.3, 0.4) is 0 Å². The number of Topliss-reactive ketones (excluding diaryl/α,β-unsaturated/α-hetero) is 1. The molecule has 0 unspecified atom stereocenters. The fourth-order valence-electron chi connectivity index (χ4n) is 3.16. The number of benzene rings is 3. The molecule has 1 aliphatic rings. The van der Waals surface area contributed by atoms with E-state index in [2.05, 4.69) is 15.9 Å². The van der Waals surface area contributed by atoms with Crippen LogP contribution in [0.5, 0.6) is 0 Å². The van der Waals surface area contributed by atoms with Gasteiger partial charge in [0.1, 0.15) is 0 Å². The molecule has 2 amide bonds.